The molecule has 1 aromatic rings. The second-order valence-electron chi connectivity index (χ2n) is 3.85. The molecule has 2 N–H and O–H groups in total. The Bertz CT molecular complexity index is 383. The fourth-order valence-electron chi connectivity index (χ4n) is 1.85. The molecule has 0 aromatic carbocycles. The monoisotopic (exact) mass is 239 g/mol. The van der Waals surface area contributed by atoms with Crippen molar-refractivity contribution < 1.29 is 9.32 Å². The molecule has 1 aromatic heterocycles. The second-order valence-corrected chi connectivity index (χ2v) is 4.32. The molecule has 1 saturated heterocycles. The molecule has 2 rings (SSSR count). The number of carbonyl (C=O) groups excluding carboxylic acids is 1. The predicted molar refractivity (Wildman–Crippen MR) is 61.9 cm³/mol. The molecule has 0 atom stereocenters. The molecule has 86 valence electrons. The standard InChI is InChI=1S/C10H13N3O2S/c11-9(16)7-1-4-13(5-2-7)10(14)8-3-6-15-12-8/h3,6-7H,1-2,4-5H2,(H2,11,16). The molecule has 0 unspecified atom stereocenters. The van der Waals surface area contributed by atoms with Gasteiger partial charge in [-0.15, -0.1) is 0 Å². The van der Waals surface area contributed by atoms with Crippen LogP contribution in [0.15, 0.2) is 16.9 Å². The lowest BCUT2D eigenvalue weighted by molar-refractivity contribution is 0.0700. The Morgan fingerprint density at radius 3 is 2.75 bits per heavy atom. The lowest BCUT2D eigenvalue weighted by atomic mass is 9.97. The summed E-state index contributed by atoms with van der Waals surface area (Å²) in [7, 11) is 0. The van der Waals surface area contributed by atoms with Gasteiger partial charge < -0.3 is 15.2 Å². The van der Waals surface area contributed by atoms with Crippen LogP contribution >= 0.6 is 12.2 Å². The number of carbonyl (C=O) groups is 1. The van der Waals surface area contributed by atoms with Crippen LogP contribution in [0, 0.1) is 5.92 Å². The highest BCUT2D eigenvalue weighted by Gasteiger charge is 2.25. The van der Waals surface area contributed by atoms with E-state index in [1.165, 1.54) is 6.26 Å². The van der Waals surface area contributed by atoms with Gasteiger partial charge in [0.25, 0.3) is 5.91 Å². The van der Waals surface area contributed by atoms with E-state index >= 15 is 0 Å². The third-order valence-corrected chi connectivity index (χ3v) is 3.17. The number of nitrogens with two attached hydrogens (primary N) is 1. The summed E-state index contributed by atoms with van der Waals surface area (Å²) in [5, 5.41) is 3.63. The van der Waals surface area contributed by atoms with Crippen LogP contribution in [-0.4, -0.2) is 34.0 Å². The molecule has 5 nitrogen and oxygen atoms in total. The smallest absolute Gasteiger partial charge is 0.276 e. The molecule has 1 aliphatic heterocycles. The summed E-state index contributed by atoms with van der Waals surface area (Å²) in [6.07, 6.45) is 3.06. The fourth-order valence-corrected chi connectivity index (χ4v) is 2.09. The third-order valence-electron chi connectivity index (χ3n) is 2.84. The molecule has 1 amide bonds. The highest BCUT2D eigenvalue weighted by molar-refractivity contribution is 7.80. The van der Waals surface area contributed by atoms with Crippen LogP contribution in [-0.2, 0) is 0 Å². The van der Waals surface area contributed by atoms with E-state index in [1.807, 2.05) is 0 Å². The van der Waals surface area contributed by atoms with E-state index in [-0.39, 0.29) is 11.8 Å². The van der Waals surface area contributed by atoms with Gasteiger partial charge in [0.15, 0.2) is 5.69 Å². The van der Waals surface area contributed by atoms with Crippen LogP contribution in [0.5, 0.6) is 0 Å². The first kappa shape index (κ1) is 11.1. The molecular formula is C10H13N3O2S. The Morgan fingerprint density at radius 1 is 1.56 bits per heavy atom. The van der Waals surface area contributed by atoms with Crippen LogP contribution < -0.4 is 5.73 Å². The number of likely N-dealkylation sites (tertiary alicyclic amines) is 1. The number of rotatable bonds is 2. The minimum absolute atomic E-state index is 0.0878. The molecule has 0 aliphatic carbocycles. The van der Waals surface area contributed by atoms with Gasteiger partial charge in [-0.3, -0.25) is 4.79 Å². The number of hydrogen-bond donors (Lipinski definition) is 1. The van der Waals surface area contributed by atoms with Gasteiger partial charge in [-0.25, -0.2) is 0 Å². The van der Waals surface area contributed by atoms with E-state index in [1.54, 1.807) is 11.0 Å². The van der Waals surface area contributed by atoms with Gasteiger partial charge in [0, 0.05) is 25.1 Å². The van der Waals surface area contributed by atoms with Crippen molar-refractivity contribution in [3.63, 3.8) is 0 Å². The number of aromatic nitrogens is 1. The normalized spacial score (nSPS) is 17.4. The summed E-state index contributed by atoms with van der Waals surface area (Å²) >= 11 is 4.95. The predicted octanol–water partition coefficient (Wildman–Crippen LogP) is 0.813. The van der Waals surface area contributed by atoms with E-state index in [0.717, 1.165) is 12.8 Å². The quantitative estimate of drug-likeness (QED) is 0.773. The Morgan fingerprint density at radius 2 is 2.25 bits per heavy atom. The first-order chi connectivity index (χ1) is 7.68. The first-order valence-corrected chi connectivity index (χ1v) is 5.58. The average Bonchev–Trinajstić information content (AvgIpc) is 2.81. The van der Waals surface area contributed by atoms with Crippen molar-refractivity contribution >= 4 is 23.1 Å². The summed E-state index contributed by atoms with van der Waals surface area (Å²) < 4.78 is 4.65. The highest BCUT2D eigenvalue weighted by atomic mass is 32.1. The SMILES string of the molecule is NC(=S)C1CCN(C(=O)c2ccon2)CC1. The molecule has 0 radical (unpaired) electrons. The summed E-state index contributed by atoms with van der Waals surface area (Å²) in [6, 6.07) is 1.57. The number of amides is 1. The molecule has 2 heterocycles. The van der Waals surface area contributed by atoms with Crippen molar-refractivity contribution in [2.75, 3.05) is 13.1 Å². The van der Waals surface area contributed by atoms with Crippen molar-refractivity contribution in [3.05, 3.63) is 18.0 Å². The zero-order chi connectivity index (χ0) is 11.5. The molecular weight excluding hydrogens is 226 g/mol. The molecule has 1 aliphatic rings. The Balaban J connectivity index is 1.94. The number of nitrogens with zero attached hydrogens (tertiary/aromatic N) is 2. The Hall–Kier alpha value is -1.43. The topological polar surface area (TPSA) is 72.4 Å². The molecule has 1 fully saturated rings. The van der Waals surface area contributed by atoms with Gasteiger partial charge >= 0.3 is 0 Å². The van der Waals surface area contributed by atoms with Crippen LogP contribution in [0.25, 0.3) is 0 Å². The number of hydrogen-bond acceptors (Lipinski definition) is 4. The minimum Gasteiger partial charge on any atom is -0.393 e. The molecule has 0 saturated carbocycles. The first-order valence-electron chi connectivity index (χ1n) is 5.17. The van der Waals surface area contributed by atoms with E-state index in [2.05, 4.69) is 9.68 Å². The average molecular weight is 239 g/mol. The minimum atomic E-state index is -0.0878. The van der Waals surface area contributed by atoms with E-state index in [9.17, 15) is 4.79 Å². The largest absolute Gasteiger partial charge is 0.393 e. The molecule has 16 heavy (non-hydrogen) atoms. The number of piperidine rings is 1. The van der Waals surface area contributed by atoms with Crippen LogP contribution in [0.3, 0.4) is 0 Å². The van der Waals surface area contributed by atoms with Crippen molar-refractivity contribution in [3.8, 4) is 0 Å². The van der Waals surface area contributed by atoms with E-state index in [0.29, 0.717) is 23.8 Å². The highest BCUT2D eigenvalue weighted by Crippen LogP contribution is 2.18. The van der Waals surface area contributed by atoms with Gasteiger partial charge in [0.1, 0.15) is 6.26 Å². The van der Waals surface area contributed by atoms with Gasteiger partial charge in [-0.1, -0.05) is 17.4 Å². The van der Waals surface area contributed by atoms with Gasteiger partial charge in [-0.05, 0) is 12.8 Å². The van der Waals surface area contributed by atoms with Gasteiger partial charge in [-0.2, -0.15) is 0 Å². The summed E-state index contributed by atoms with van der Waals surface area (Å²) in [5.74, 6) is 0.173. The van der Waals surface area contributed by atoms with Crippen LogP contribution in [0.1, 0.15) is 23.3 Å². The number of thiocarbonyl (C=S) groups is 1. The second kappa shape index (κ2) is 4.61. The van der Waals surface area contributed by atoms with Crippen molar-refractivity contribution in [1.29, 1.82) is 0 Å². The fraction of sp³-hybridized carbons (Fsp3) is 0.500. The molecule has 6 heteroatoms. The van der Waals surface area contributed by atoms with Gasteiger partial charge in [0.05, 0.1) is 4.99 Å². The molecule has 0 bridgehead atoms. The molecule has 0 spiro atoms. The summed E-state index contributed by atoms with van der Waals surface area (Å²) in [6.45, 7) is 1.35. The summed E-state index contributed by atoms with van der Waals surface area (Å²) in [5.41, 5.74) is 5.94. The zero-order valence-electron chi connectivity index (χ0n) is 8.76. The van der Waals surface area contributed by atoms with Crippen LogP contribution in [0.4, 0.5) is 0 Å². The van der Waals surface area contributed by atoms with Crippen molar-refractivity contribution in [1.82, 2.24) is 10.1 Å². The van der Waals surface area contributed by atoms with Crippen molar-refractivity contribution in [2.24, 2.45) is 11.7 Å². The van der Waals surface area contributed by atoms with E-state index < -0.39 is 0 Å². The zero-order valence-corrected chi connectivity index (χ0v) is 9.57. The lowest BCUT2D eigenvalue weighted by Crippen LogP contribution is -2.41. The lowest BCUT2D eigenvalue weighted by Gasteiger charge is -2.30. The van der Waals surface area contributed by atoms with Crippen LogP contribution in [0.2, 0.25) is 0 Å². The Labute approximate surface area is 98.6 Å². The van der Waals surface area contributed by atoms with Gasteiger partial charge in [0.2, 0.25) is 0 Å². The third kappa shape index (κ3) is 2.21. The Kier molecular flexibility index (Phi) is 3.19. The maximum absolute atomic E-state index is 11.9. The van der Waals surface area contributed by atoms with Crippen molar-refractivity contribution in [2.45, 2.75) is 12.8 Å². The maximum atomic E-state index is 11.9. The summed E-state index contributed by atoms with van der Waals surface area (Å²) in [4.78, 5) is 14.2. The maximum Gasteiger partial charge on any atom is 0.276 e. The van der Waals surface area contributed by atoms with E-state index in [4.69, 9.17) is 18.0 Å².